The van der Waals surface area contributed by atoms with Gasteiger partial charge in [0, 0.05) is 18.4 Å². The molecule has 0 rings (SSSR count). The number of carboxylic acid groups (broad SMARTS) is 2. The Kier molecular flexibility index (Phi) is 6.34. The van der Waals surface area contributed by atoms with Crippen molar-refractivity contribution < 1.29 is 36.9 Å². The number of rotatable bonds is 3. The molecular formula is C4H5FeNO4. The number of hydrogen-bond donors (Lipinski definition) is 1. The predicted molar refractivity (Wildman–Crippen MR) is 22.6 cm³/mol. The van der Waals surface area contributed by atoms with Crippen LogP contribution in [0.3, 0.4) is 0 Å². The number of carboxylic acids is 2. The number of aliphatic carboxylic acids is 2. The average Bonchev–Trinajstić information content (AvgIpc) is 1.63. The van der Waals surface area contributed by atoms with E-state index in [4.69, 9.17) is 5.73 Å². The van der Waals surface area contributed by atoms with Gasteiger partial charge in [0.15, 0.2) is 0 Å². The van der Waals surface area contributed by atoms with Gasteiger partial charge in [0.25, 0.3) is 0 Å². The monoisotopic (exact) mass is 187 g/mol. The minimum Gasteiger partial charge on any atom is -0.550 e. The molecule has 0 saturated heterocycles. The Morgan fingerprint density at radius 2 is 1.80 bits per heavy atom. The smallest absolute Gasteiger partial charge is 0.550 e. The van der Waals surface area contributed by atoms with Gasteiger partial charge in [-0.2, -0.15) is 0 Å². The molecule has 58 valence electrons. The summed E-state index contributed by atoms with van der Waals surface area (Å²) in [6.45, 7) is 0. The molecule has 0 aliphatic carbocycles. The van der Waals surface area contributed by atoms with Crippen molar-refractivity contribution in [1.82, 2.24) is 0 Å². The van der Waals surface area contributed by atoms with E-state index in [0.717, 1.165) is 0 Å². The Bertz CT molecular complexity index is 137. The Morgan fingerprint density at radius 3 is 1.90 bits per heavy atom. The molecule has 1 atom stereocenters. The molecule has 0 aromatic carbocycles. The summed E-state index contributed by atoms with van der Waals surface area (Å²) in [6.07, 6.45) is -0.706. The first-order chi connectivity index (χ1) is 4.04. The molecule has 2 N–H and O–H groups in total. The maximum absolute atomic E-state index is 9.71. The molecule has 6 heteroatoms. The summed E-state index contributed by atoms with van der Waals surface area (Å²) in [5.74, 6) is -3.08. The minimum atomic E-state index is -1.58. The van der Waals surface area contributed by atoms with Crippen LogP contribution in [0.2, 0.25) is 0 Å². The fourth-order valence-electron chi connectivity index (χ4n) is 0.263. The van der Waals surface area contributed by atoms with Gasteiger partial charge in [-0.1, -0.05) is 0 Å². The van der Waals surface area contributed by atoms with Gasteiger partial charge in [-0.25, -0.2) is 0 Å². The van der Waals surface area contributed by atoms with E-state index < -0.39 is 24.4 Å². The van der Waals surface area contributed by atoms with Crippen LogP contribution < -0.4 is 15.9 Å². The van der Waals surface area contributed by atoms with Gasteiger partial charge in [-0.15, -0.1) is 0 Å². The SMILES string of the molecule is N[C@@H](CC(=O)[O-])C(=O)[O-].[Fe+2]. The molecule has 5 nitrogen and oxygen atoms in total. The first kappa shape index (κ1) is 12.1. The molecule has 0 amide bonds. The molecule has 0 aliphatic rings. The Balaban J connectivity index is 0. The Morgan fingerprint density at radius 1 is 1.40 bits per heavy atom. The van der Waals surface area contributed by atoms with Crippen molar-refractivity contribution >= 4 is 11.9 Å². The molecule has 0 bridgehead atoms. The second kappa shape index (κ2) is 5.22. The Hall–Kier alpha value is -0.581. The second-order valence-electron chi connectivity index (χ2n) is 1.50. The summed E-state index contributed by atoms with van der Waals surface area (Å²) < 4.78 is 0. The summed E-state index contributed by atoms with van der Waals surface area (Å²) in [7, 11) is 0. The molecule has 0 aromatic rings. The summed E-state index contributed by atoms with van der Waals surface area (Å²) in [6, 6.07) is -1.46. The van der Waals surface area contributed by atoms with Crippen LogP contribution in [0.1, 0.15) is 6.42 Å². The van der Waals surface area contributed by atoms with Crippen LogP contribution in [0.25, 0.3) is 0 Å². The van der Waals surface area contributed by atoms with Crippen LogP contribution in [0, 0.1) is 0 Å². The molecule has 0 spiro atoms. The zero-order valence-corrected chi connectivity index (χ0v) is 5.95. The number of carbonyl (C=O) groups excluding carboxylic acids is 2. The molecule has 0 saturated carbocycles. The van der Waals surface area contributed by atoms with Crippen LogP contribution in [0.4, 0.5) is 0 Å². The largest absolute Gasteiger partial charge is 2.00 e. The van der Waals surface area contributed by atoms with Crippen molar-refractivity contribution in [3.8, 4) is 0 Å². The normalized spacial score (nSPS) is 11.3. The van der Waals surface area contributed by atoms with E-state index in [2.05, 4.69) is 0 Å². The fraction of sp³-hybridized carbons (Fsp3) is 0.500. The van der Waals surface area contributed by atoms with Gasteiger partial charge < -0.3 is 25.5 Å². The molecule has 0 aromatic heterocycles. The van der Waals surface area contributed by atoms with Gasteiger partial charge in [-0.05, 0) is 0 Å². The molecule has 10 heavy (non-hydrogen) atoms. The van der Waals surface area contributed by atoms with Crippen LogP contribution in [-0.4, -0.2) is 18.0 Å². The zero-order valence-electron chi connectivity index (χ0n) is 4.85. The number of hydrogen-bond acceptors (Lipinski definition) is 5. The third-order valence-corrected chi connectivity index (χ3v) is 0.689. The van der Waals surface area contributed by atoms with Crippen molar-refractivity contribution in [3.05, 3.63) is 0 Å². The molecule has 0 aliphatic heterocycles. The third kappa shape index (κ3) is 5.55. The summed E-state index contributed by atoms with van der Waals surface area (Å²) in [4.78, 5) is 19.3. The van der Waals surface area contributed by atoms with Crippen molar-refractivity contribution in [2.75, 3.05) is 0 Å². The number of nitrogens with two attached hydrogens (primary N) is 1. The molecular weight excluding hydrogens is 182 g/mol. The third-order valence-electron chi connectivity index (χ3n) is 0.689. The molecule has 0 unspecified atom stereocenters. The molecule has 0 fully saturated rings. The zero-order chi connectivity index (χ0) is 7.44. The summed E-state index contributed by atoms with van der Waals surface area (Å²) >= 11 is 0. The average molecular weight is 187 g/mol. The van der Waals surface area contributed by atoms with Crippen molar-refractivity contribution in [2.24, 2.45) is 5.73 Å². The molecule has 0 radical (unpaired) electrons. The maximum atomic E-state index is 9.71. The van der Waals surface area contributed by atoms with E-state index >= 15 is 0 Å². The van der Waals surface area contributed by atoms with Crippen LogP contribution in [0.5, 0.6) is 0 Å². The van der Waals surface area contributed by atoms with E-state index in [-0.39, 0.29) is 17.1 Å². The van der Waals surface area contributed by atoms with Crippen LogP contribution in [0.15, 0.2) is 0 Å². The first-order valence-corrected chi connectivity index (χ1v) is 2.20. The van der Waals surface area contributed by atoms with E-state index in [1.54, 1.807) is 0 Å². The van der Waals surface area contributed by atoms with Gasteiger partial charge in [0.2, 0.25) is 0 Å². The molecule has 0 heterocycles. The van der Waals surface area contributed by atoms with E-state index in [1.165, 1.54) is 0 Å². The van der Waals surface area contributed by atoms with Crippen LogP contribution in [-0.2, 0) is 26.7 Å². The first-order valence-electron chi connectivity index (χ1n) is 2.20. The van der Waals surface area contributed by atoms with Gasteiger partial charge in [0.1, 0.15) is 0 Å². The van der Waals surface area contributed by atoms with Gasteiger partial charge in [-0.3, -0.25) is 0 Å². The van der Waals surface area contributed by atoms with E-state index in [9.17, 15) is 19.8 Å². The predicted octanol–water partition coefficient (Wildman–Crippen LogP) is -3.80. The van der Waals surface area contributed by atoms with Crippen molar-refractivity contribution in [3.63, 3.8) is 0 Å². The van der Waals surface area contributed by atoms with Crippen molar-refractivity contribution in [2.45, 2.75) is 12.5 Å². The van der Waals surface area contributed by atoms with Crippen LogP contribution >= 0.6 is 0 Å². The topological polar surface area (TPSA) is 106 Å². The number of carbonyl (C=O) groups is 2. The fourth-order valence-corrected chi connectivity index (χ4v) is 0.263. The van der Waals surface area contributed by atoms with Gasteiger partial charge in [0.05, 0.1) is 5.97 Å². The minimum absolute atomic E-state index is 0. The van der Waals surface area contributed by atoms with Crippen molar-refractivity contribution in [1.29, 1.82) is 0 Å². The second-order valence-corrected chi connectivity index (χ2v) is 1.50. The maximum Gasteiger partial charge on any atom is 2.00 e. The Labute approximate surface area is 67.7 Å². The van der Waals surface area contributed by atoms with E-state index in [0.29, 0.717) is 0 Å². The quantitative estimate of drug-likeness (QED) is 0.456. The van der Waals surface area contributed by atoms with E-state index in [1.807, 2.05) is 0 Å². The summed E-state index contributed by atoms with van der Waals surface area (Å²) in [5.41, 5.74) is 4.73. The summed E-state index contributed by atoms with van der Waals surface area (Å²) in [5, 5.41) is 19.3. The standard InChI is InChI=1S/C4H7NO4.Fe/c5-2(4(8)9)1-3(6)7;/h2H,1,5H2,(H,6,7)(H,8,9);/q;+2/p-2/t2-;/m0./s1. The van der Waals surface area contributed by atoms with Gasteiger partial charge >= 0.3 is 17.1 Å².